The number of halogens is 1. The van der Waals surface area contributed by atoms with E-state index in [9.17, 15) is 24.8 Å². The predicted molar refractivity (Wildman–Crippen MR) is 74.0 cm³/mol. The van der Waals surface area contributed by atoms with Crippen molar-refractivity contribution in [3.05, 3.63) is 38.4 Å². The molecule has 1 aliphatic heterocycles. The van der Waals surface area contributed by atoms with Crippen LogP contribution < -0.4 is 0 Å². The summed E-state index contributed by atoms with van der Waals surface area (Å²) >= 11 is 5.72. The highest BCUT2D eigenvalue weighted by atomic mass is 35.5. The molecule has 0 aliphatic carbocycles. The predicted octanol–water partition coefficient (Wildman–Crippen LogP) is 2.17. The number of benzene rings is 1. The molecule has 0 amide bonds. The molecule has 0 bridgehead atoms. The van der Waals surface area contributed by atoms with Gasteiger partial charge in [-0.3, -0.25) is 10.1 Å². The maximum Gasteiger partial charge on any atom is 0.348 e. The van der Waals surface area contributed by atoms with Crippen LogP contribution in [0.25, 0.3) is 6.08 Å². The molecule has 0 unspecified atom stereocenters. The summed E-state index contributed by atoms with van der Waals surface area (Å²) in [6, 6.07) is 2.11. The molecule has 1 aliphatic rings. The highest BCUT2D eigenvalue weighted by Crippen LogP contribution is 2.35. The van der Waals surface area contributed by atoms with Crippen molar-refractivity contribution in [1.82, 2.24) is 0 Å². The van der Waals surface area contributed by atoms with Gasteiger partial charge in [0.05, 0.1) is 4.92 Å². The fraction of sp³-hybridized carbons (Fsp3) is 0.231. The summed E-state index contributed by atoms with van der Waals surface area (Å²) in [7, 11) is 0. The fourth-order valence-electron chi connectivity index (χ4n) is 1.79. The summed E-state index contributed by atoms with van der Waals surface area (Å²) in [6.45, 7) is 2.75. The summed E-state index contributed by atoms with van der Waals surface area (Å²) in [5, 5.41) is 20.6. The van der Waals surface area contributed by atoms with E-state index in [1.807, 2.05) is 0 Å². The molecular weight excluding hydrogens is 318 g/mol. The zero-order valence-corrected chi connectivity index (χ0v) is 12.2. The van der Waals surface area contributed by atoms with E-state index in [-0.39, 0.29) is 10.6 Å². The van der Waals surface area contributed by atoms with Gasteiger partial charge in [-0.25, -0.2) is 9.59 Å². The number of hydrogen-bond acceptors (Lipinski definition) is 7. The quantitative estimate of drug-likeness (QED) is 0.291. The number of cyclic esters (lactones) is 2. The lowest BCUT2D eigenvalue weighted by atomic mass is 10.1. The van der Waals surface area contributed by atoms with Gasteiger partial charge in [-0.1, -0.05) is 11.6 Å². The van der Waals surface area contributed by atoms with E-state index in [0.29, 0.717) is 0 Å². The lowest BCUT2D eigenvalue weighted by Gasteiger charge is -2.29. The van der Waals surface area contributed by atoms with Gasteiger partial charge in [0.25, 0.3) is 5.79 Å². The molecule has 22 heavy (non-hydrogen) atoms. The molecule has 2 rings (SSSR count). The summed E-state index contributed by atoms with van der Waals surface area (Å²) in [5.41, 5.74) is -1.34. The van der Waals surface area contributed by atoms with Gasteiger partial charge in [0.2, 0.25) is 5.75 Å². The first-order valence-electron chi connectivity index (χ1n) is 5.96. The molecule has 0 saturated carbocycles. The highest BCUT2D eigenvalue weighted by molar-refractivity contribution is 6.31. The Morgan fingerprint density at radius 3 is 2.32 bits per heavy atom. The van der Waals surface area contributed by atoms with Crippen LogP contribution in [0, 0.1) is 10.1 Å². The standard InChI is InChI=1S/C13H10ClNO7/c1-13(2)21-11(17)8(12(18)22-13)4-6-3-7(14)5-9(10(6)16)15(19)20/h3-5,16H,1-2H3. The minimum Gasteiger partial charge on any atom is -0.502 e. The van der Waals surface area contributed by atoms with E-state index in [1.54, 1.807) is 0 Å². The van der Waals surface area contributed by atoms with Gasteiger partial charge in [0, 0.05) is 30.5 Å². The molecule has 1 N–H and O–H groups in total. The Balaban J connectivity index is 2.52. The van der Waals surface area contributed by atoms with Gasteiger partial charge in [-0.2, -0.15) is 0 Å². The zero-order valence-electron chi connectivity index (χ0n) is 11.5. The van der Waals surface area contributed by atoms with Crippen LogP contribution in [0.5, 0.6) is 5.75 Å². The van der Waals surface area contributed by atoms with Crippen LogP contribution in [0.15, 0.2) is 17.7 Å². The Morgan fingerprint density at radius 2 is 1.82 bits per heavy atom. The number of esters is 2. The summed E-state index contributed by atoms with van der Waals surface area (Å²) in [5.74, 6) is -4.08. The number of hydrogen-bond donors (Lipinski definition) is 1. The molecule has 1 heterocycles. The molecular formula is C13H10ClNO7. The fourth-order valence-corrected chi connectivity index (χ4v) is 2.01. The molecule has 1 saturated heterocycles. The average molecular weight is 328 g/mol. The Kier molecular flexibility index (Phi) is 3.80. The van der Waals surface area contributed by atoms with Gasteiger partial charge >= 0.3 is 17.6 Å². The number of nitrogens with zero attached hydrogens (tertiary/aromatic N) is 1. The van der Waals surface area contributed by atoms with E-state index in [2.05, 4.69) is 0 Å². The second-order valence-electron chi connectivity index (χ2n) is 4.86. The van der Waals surface area contributed by atoms with Crippen molar-refractivity contribution in [3.63, 3.8) is 0 Å². The molecule has 1 aromatic carbocycles. The van der Waals surface area contributed by atoms with Crippen LogP contribution in [-0.2, 0) is 19.1 Å². The first-order chi connectivity index (χ1) is 10.1. The lowest BCUT2D eigenvalue weighted by Crippen LogP contribution is -2.41. The molecule has 1 aromatic rings. The van der Waals surface area contributed by atoms with E-state index in [1.165, 1.54) is 13.8 Å². The second kappa shape index (κ2) is 5.30. The number of carbonyl (C=O) groups excluding carboxylic acids is 2. The zero-order chi connectivity index (χ0) is 16.7. The number of nitro benzene ring substituents is 1. The number of carbonyl (C=O) groups is 2. The topological polar surface area (TPSA) is 116 Å². The first-order valence-corrected chi connectivity index (χ1v) is 6.34. The minimum absolute atomic E-state index is 0.0470. The molecule has 0 atom stereocenters. The van der Waals surface area contributed by atoms with E-state index in [4.69, 9.17) is 21.1 Å². The Labute approximate surface area is 129 Å². The minimum atomic E-state index is -1.41. The van der Waals surface area contributed by atoms with Crippen molar-refractivity contribution >= 4 is 35.3 Å². The van der Waals surface area contributed by atoms with Gasteiger partial charge in [0.1, 0.15) is 5.57 Å². The molecule has 8 nitrogen and oxygen atoms in total. The number of nitro groups is 1. The van der Waals surface area contributed by atoms with Crippen molar-refractivity contribution in [3.8, 4) is 5.75 Å². The van der Waals surface area contributed by atoms with Gasteiger partial charge in [0.15, 0.2) is 0 Å². The van der Waals surface area contributed by atoms with Crippen LogP contribution in [-0.4, -0.2) is 27.8 Å². The van der Waals surface area contributed by atoms with Crippen molar-refractivity contribution in [1.29, 1.82) is 0 Å². The molecule has 116 valence electrons. The van der Waals surface area contributed by atoms with Gasteiger partial charge < -0.3 is 14.6 Å². The smallest absolute Gasteiger partial charge is 0.348 e. The van der Waals surface area contributed by atoms with Crippen molar-refractivity contribution in [2.75, 3.05) is 0 Å². The van der Waals surface area contributed by atoms with Crippen molar-refractivity contribution in [2.45, 2.75) is 19.6 Å². The number of phenols is 1. The highest BCUT2D eigenvalue weighted by Gasteiger charge is 2.39. The molecule has 0 radical (unpaired) electrons. The Morgan fingerprint density at radius 1 is 1.27 bits per heavy atom. The van der Waals surface area contributed by atoms with Crippen molar-refractivity contribution < 1.29 is 29.1 Å². The van der Waals surface area contributed by atoms with E-state index < -0.39 is 39.7 Å². The third-order valence-corrected chi connectivity index (χ3v) is 2.92. The van der Waals surface area contributed by atoms with Gasteiger partial charge in [-0.15, -0.1) is 0 Å². The summed E-state index contributed by atoms with van der Waals surface area (Å²) in [4.78, 5) is 33.6. The Bertz CT molecular complexity index is 701. The number of rotatable bonds is 2. The third kappa shape index (κ3) is 3.01. The van der Waals surface area contributed by atoms with Crippen LogP contribution >= 0.6 is 11.6 Å². The maximum absolute atomic E-state index is 11.8. The maximum atomic E-state index is 11.8. The number of phenolic OH excluding ortho intramolecular Hbond substituents is 1. The van der Waals surface area contributed by atoms with Gasteiger partial charge in [-0.05, 0) is 12.1 Å². The monoisotopic (exact) mass is 327 g/mol. The molecule has 0 aromatic heterocycles. The summed E-state index contributed by atoms with van der Waals surface area (Å²) in [6.07, 6.45) is 0.925. The van der Waals surface area contributed by atoms with Crippen LogP contribution in [0.3, 0.4) is 0 Å². The number of aromatic hydroxyl groups is 1. The normalized spacial score (nSPS) is 16.8. The second-order valence-corrected chi connectivity index (χ2v) is 5.29. The third-order valence-electron chi connectivity index (χ3n) is 2.70. The first kappa shape index (κ1) is 15.8. The van der Waals surface area contributed by atoms with E-state index >= 15 is 0 Å². The molecule has 0 spiro atoms. The van der Waals surface area contributed by atoms with Crippen LogP contribution in [0.4, 0.5) is 5.69 Å². The largest absolute Gasteiger partial charge is 0.502 e. The lowest BCUT2D eigenvalue weighted by molar-refractivity contribution is -0.385. The number of ether oxygens (including phenoxy) is 2. The molecule has 9 heteroatoms. The van der Waals surface area contributed by atoms with Crippen LogP contribution in [0.2, 0.25) is 5.02 Å². The SMILES string of the molecule is CC1(C)OC(=O)C(=Cc2cc(Cl)cc([N+](=O)[O-])c2O)C(=O)O1. The Hall–Kier alpha value is -2.61. The van der Waals surface area contributed by atoms with Crippen molar-refractivity contribution in [2.24, 2.45) is 0 Å². The average Bonchev–Trinajstić information content (AvgIpc) is 2.35. The van der Waals surface area contributed by atoms with E-state index in [0.717, 1.165) is 18.2 Å². The summed E-state index contributed by atoms with van der Waals surface area (Å²) < 4.78 is 9.76. The van der Waals surface area contributed by atoms with Crippen LogP contribution in [0.1, 0.15) is 19.4 Å². The molecule has 1 fully saturated rings.